The minimum Gasteiger partial charge on any atom is -0.198 e. The summed E-state index contributed by atoms with van der Waals surface area (Å²) in [6, 6.07) is 19.7. The first-order valence-electron chi connectivity index (χ1n) is 5.48. The second kappa shape index (κ2) is 6.48. The van der Waals surface area contributed by atoms with E-state index in [9.17, 15) is 0 Å². The second-order valence-electron chi connectivity index (χ2n) is 3.56. The van der Waals surface area contributed by atoms with Gasteiger partial charge in [-0.1, -0.05) is 47.0 Å². The third-order valence-electron chi connectivity index (χ3n) is 2.28. The number of nitrogens with zero attached hydrogens (tertiary/aromatic N) is 3. The first kappa shape index (κ1) is 12.2. The van der Waals surface area contributed by atoms with E-state index < -0.39 is 0 Å². The summed E-state index contributed by atoms with van der Waals surface area (Å²) in [5, 5.41) is 12.2. The molecule has 0 spiro atoms. The minimum atomic E-state index is 0.515. The van der Waals surface area contributed by atoms with Gasteiger partial charge in [0, 0.05) is 0 Å². The summed E-state index contributed by atoms with van der Waals surface area (Å²) in [4.78, 5) is 0. The second-order valence-corrected chi connectivity index (χ2v) is 4.35. The molecule has 0 saturated heterocycles. The van der Waals surface area contributed by atoms with Crippen molar-refractivity contribution in [3.63, 3.8) is 0 Å². The lowest BCUT2D eigenvalue weighted by Crippen LogP contribution is -1.76. The predicted octanol–water partition coefficient (Wildman–Crippen LogP) is 3.44. The molecule has 2 aromatic carbocycles. The van der Waals surface area contributed by atoms with Gasteiger partial charge in [-0.25, -0.2) is 0 Å². The van der Waals surface area contributed by atoms with E-state index in [2.05, 4.69) is 15.7 Å². The Balaban J connectivity index is 0.000000134. The molecule has 0 amide bonds. The third-order valence-corrected chi connectivity index (χ3v) is 2.98. The highest BCUT2D eigenvalue weighted by molar-refractivity contribution is 7.12. The first-order chi connectivity index (χ1) is 8.90. The van der Waals surface area contributed by atoms with E-state index in [0.29, 0.717) is 6.42 Å². The van der Waals surface area contributed by atoms with Crippen LogP contribution in [-0.2, 0) is 6.42 Å². The molecule has 0 aliphatic rings. The standard InChI is InChI=1S/C8H7N.C6H4N2S/c9-7-6-8-4-2-1-3-5-8;1-2-4-6-5(3-1)7-8-9-6/h1-5H,6H2;1-4H. The molecule has 0 aliphatic carbocycles. The molecule has 3 rings (SSSR count). The van der Waals surface area contributed by atoms with Crippen molar-refractivity contribution in [1.29, 1.82) is 5.26 Å². The smallest absolute Gasteiger partial charge is 0.105 e. The summed E-state index contributed by atoms with van der Waals surface area (Å²) in [5.41, 5.74) is 2.07. The maximum Gasteiger partial charge on any atom is 0.105 e. The molecule has 18 heavy (non-hydrogen) atoms. The van der Waals surface area contributed by atoms with Crippen molar-refractivity contribution in [2.45, 2.75) is 6.42 Å². The topological polar surface area (TPSA) is 49.6 Å². The average Bonchev–Trinajstić information content (AvgIpc) is 2.89. The highest BCUT2D eigenvalue weighted by atomic mass is 32.1. The Morgan fingerprint density at radius 3 is 2.44 bits per heavy atom. The van der Waals surface area contributed by atoms with Gasteiger partial charge >= 0.3 is 0 Å². The molecule has 1 aromatic heterocycles. The molecule has 0 N–H and O–H groups in total. The van der Waals surface area contributed by atoms with Gasteiger partial charge in [0.15, 0.2) is 0 Å². The quantitative estimate of drug-likeness (QED) is 0.667. The van der Waals surface area contributed by atoms with Crippen molar-refractivity contribution in [1.82, 2.24) is 9.59 Å². The van der Waals surface area contributed by atoms with Gasteiger partial charge in [-0.3, -0.25) is 0 Å². The van der Waals surface area contributed by atoms with E-state index in [1.54, 1.807) is 0 Å². The van der Waals surface area contributed by atoms with Gasteiger partial charge in [-0.05, 0) is 29.2 Å². The van der Waals surface area contributed by atoms with E-state index in [4.69, 9.17) is 5.26 Å². The van der Waals surface area contributed by atoms with E-state index in [1.165, 1.54) is 11.5 Å². The zero-order valence-electron chi connectivity index (χ0n) is 9.65. The molecule has 0 fully saturated rings. The number of hydrogen-bond donors (Lipinski definition) is 0. The van der Waals surface area contributed by atoms with Crippen LogP contribution in [0.1, 0.15) is 5.56 Å². The van der Waals surface area contributed by atoms with Crippen molar-refractivity contribution in [3.05, 3.63) is 60.2 Å². The monoisotopic (exact) mass is 253 g/mol. The van der Waals surface area contributed by atoms with Crippen LogP contribution in [0.3, 0.4) is 0 Å². The van der Waals surface area contributed by atoms with E-state index in [-0.39, 0.29) is 0 Å². The van der Waals surface area contributed by atoms with Crippen molar-refractivity contribution < 1.29 is 0 Å². The Kier molecular flexibility index (Phi) is 4.39. The van der Waals surface area contributed by atoms with Gasteiger partial charge in [0.05, 0.1) is 17.2 Å². The van der Waals surface area contributed by atoms with Crippen LogP contribution in [0.25, 0.3) is 10.2 Å². The highest BCUT2D eigenvalue weighted by Crippen LogP contribution is 2.12. The summed E-state index contributed by atoms with van der Waals surface area (Å²) in [6.07, 6.45) is 0.515. The number of nitriles is 1. The highest BCUT2D eigenvalue weighted by Gasteiger charge is 1.91. The predicted molar refractivity (Wildman–Crippen MR) is 73.2 cm³/mol. The summed E-state index contributed by atoms with van der Waals surface area (Å²) >= 11 is 1.43. The Morgan fingerprint density at radius 2 is 1.72 bits per heavy atom. The number of benzene rings is 2. The van der Waals surface area contributed by atoms with Crippen molar-refractivity contribution >= 4 is 21.7 Å². The molecule has 0 bridgehead atoms. The van der Waals surface area contributed by atoms with Gasteiger partial charge in [0.1, 0.15) is 5.52 Å². The fraction of sp³-hybridized carbons (Fsp3) is 0.0714. The van der Waals surface area contributed by atoms with Crippen molar-refractivity contribution in [3.8, 4) is 6.07 Å². The first-order valence-corrected chi connectivity index (χ1v) is 6.25. The van der Waals surface area contributed by atoms with Gasteiger partial charge in [-0.15, -0.1) is 5.10 Å². The van der Waals surface area contributed by atoms with Crippen LogP contribution in [0.15, 0.2) is 54.6 Å². The normalized spacial score (nSPS) is 9.28. The Bertz CT molecular complexity index is 610. The van der Waals surface area contributed by atoms with Crippen LogP contribution in [0.2, 0.25) is 0 Å². The Hall–Kier alpha value is -2.25. The van der Waals surface area contributed by atoms with Crippen molar-refractivity contribution in [2.75, 3.05) is 0 Å². The maximum atomic E-state index is 8.27. The van der Waals surface area contributed by atoms with E-state index in [0.717, 1.165) is 15.8 Å². The zero-order chi connectivity index (χ0) is 12.6. The van der Waals surface area contributed by atoms with Crippen LogP contribution < -0.4 is 0 Å². The SMILES string of the molecule is N#CCc1ccccc1.c1ccc2snnc2c1. The summed E-state index contributed by atoms with van der Waals surface area (Å²) in [5.74, 6) is 0. The molecule has 0 atom stereocenters. The summed E-state index contributed by atoms with van der Waals surface area (Å²) in [7, 11) is 0. The number of rotatable bonds is 1. The van der Waals surface area contributed by atoms with Crippen LogP contribution in [0.5, 0.6) is 0 Å². The fourth-order valence-electron chi connectivity index (χ4n) is 1.41. The number of hydrogen-bond acceptors (Lipinski definition) is 4. The molecule has 0 unspecified atom stereocenters. The molecule has 88 valence electrons. The lowest BCUT2D eigenvalue weighted by molar-refractivity contribution is 1.20. The number of fused-ring (bicyclic) bond motifs is 1. The average molecular weight is 253 g/mol. The van der Waals surface area contributed by atoms with Crippen molar-refractivity contribution in [2.24, 2.45) is 0 Å². The van der Waals surface area contributed by atoms with Gasteiger partial charge < -0.3 is 0 Å². The largest absolute Gasteiger partial charge is 0.198 e. The van der Waals surface area contributed by atoms with Crippen LogP contribution in [-0.4, -0.2) is 9.59 Å². The van der Waals surface area contributed by atoms with Gasteiger partial charge in [0.25, 0.3) is 0 Å². The molecule has 0 aliphatic heterocycles. The molecule has 0 saturated carbocycles. The zero-order valence-corrected chi connectivity index (χ0v) is 10.5. The lowest BCUT2D eigenvalue weighted by Gasteiger charge is -1.88. The van der Waals surface area contributed by atoms with E-state index in [1.807, 2.05) is 54.6 Å². The van der Waals surface area contributed by atoms with E-state index >= 15 is 0 Å². The summed E-state index contributed by atoms with van der Waals surface area (Å²) in [6.45, 7) is 0. The molecule has 3 aromatic rings. The molecular weight excluding hydrogens is 242 g/mol. The molecular formula is C14H11N3S. The van der Waals surface area contributed by atoms with Crippen LogP contribution in [0.4, 0.5) is 0 Å². The molecule has 1 heterocycles. The molecule has 0 radical (unpaired) electrons. The minimum absolute atomic E-state index is 0.515. The fourth-order valence-corrected chi connectivity index (χ4v) is 1.97. The summed E-state index contributed by atoms with van der Waals surface area (Å²) < 4.78 is 4.94. The number of aromatic nitrogens is 2. The molecule has 4 heteroatoms. The maximum absolute atomic E-state index is 8.27. The van der Waals surface area contributed by atoms with Gasteiger partial charge in [0.2, 0.25) is 0 Å². The Labute approximate surface area is 109 Å². The third kappa shape index (κ3) is 3.37. The van der Waals surface area contributed by atoms with Gasteiger partial charge in [-0.2, -0.15) is 5.26 Å². The van der Waals surface area contributed by atoms with Crippen LogP contribution in [0, 0.1) is 11.3 Å². The van der Waals surface area contributed by atoms with Crippen LogP contribution >= 0.6 is 11.5 Å². The Morgan fingerprint density at radius 1 is 1.00 bits per heavy atom. The lowest BCUT2D eigenvalue weighted by atomic mass is 10.2. The molecule has 3 nitrogen and oxygen atoms in total.